The van der Waals surface area contributed by atoms with Crippen molar-refractivity contribution in [1.29, 1.82) is 0 Å². The number of aryl methyl sites for hydroxylation is 1. The maximum atomic E-state index is 11.9. The third-order valence-corrected chi connectivity index (χ3v) is 4.80. The zero-order chi connectivity index (χ0) is 12.3. The van der Waals surface area contributed by atoms with Crippen LogP contribution in [-0.4, -0.2) is 48.1 Å². The van der Waals surface area contributed by atoms with Crippen LogP contribution in [0.25, 0.3) is 0 Å². The van der Waals surface area contributed by atoms with Gasteiger partial charge < -0.3 is 9.88 Å². The van der Waals surface area contributed by atoms with Crippen molar-refractivity contribution in [2.75, 3.05) is 19.6 Å². The van der Waals surface area contributed by atoms with Gasteiger partial charge >= 0.3 is 0 Å². The highest BCUT2D eigenvalue weighted by Crippen LogP contribution is 2.08. The van der Waals surface area contributed by atoms with E-state index >= 15 is 0 Å². The molecule has 1 saturated heterocycles. The van der Waals surface area contributed by atoms with E-state index < -0.39 is 10.0 Å². The molecule has 1 unspecified atom stereocenters. The third-order valence-electron chi connectivity index (χ3n) is 2.91. The Bertz CT molecular complexity index is 463. The lowest BCUT2D eigenvalue weighted by Crippen LogP contribution is -2.36. The molecule has 0 saturated carbocycles. The van der Waals surface area contributed by atoms with E-state index in [0.29, 0.717) is 25.9 Å². The number of hydrogen-bond donors (Lipinski definition) is 2. The molecule has 17 heavy (non-hydrogen) atoms. The Morgan fingerprint density at radius 1 is 1.65 bits per heavy atom. The van der Waals surface area contributed by atoms with E-state index in [4.69, 9.17) is 0 Å². The zero-order valence-electron chi connectivity index (χ0n) is 9.76. The Labute approximate surface area is 101 Å². The summed E-state index contributed by atoms with van der Waals surface area (Å²) in [6, 6.07) is 0. The lowest BCUT2D eigenvalue weighted by molar-refractivity contribution is 0.566. The molecule has 0 amide bonds. The molecule has 2 rings (SSSR count). The molecule has 1 fully saturated rings. The summed E-state index contributed by atoms with van der Waals surface area (Å²) in [7, 11) is -1.36. The molecule has 0 spiro atoms. The first kappa shape index (κ1) is 12.5. The minimum Gasteiger partial charge on any atom is -0.321 e. The molecule has 1 aromatic rings. The minimum absolute atomic E-state index is 0.304. The first-order valence-electron chi connectivity index (χ1n) is 5.61. The van der Waals surface area contributed by atoms with E-state index in [9.17, 15) is 8.42 Å². The van der Waals surface area contributed by atoms with Crippen molar-refractivity contribution in [2.24, 2.45) is 7.05 Å². The monoisotopic (exact) mass is 259 g/mol. The topological polar surface area (TPSA) is 88.9 Å². The average molecular weight is 259 g/mol. The molecule has 2 heterocycles. The van der Waals surface area contributed by atoms with Crippen LogP contribution in [0.4, 0.5) is 0 Å². The van der Waals surface area contributed by atoms with Gasteiger partial charge in [0.05, 0.1) is 5.25 Å². The fraction of sp³-hybridized carbons (Fsp3) is 0.778. The second-order valence-electron chi connectivity index (χ2n) is 4.16. The van der Waals surface area contributed by atoms with Crippen LogP contribution in [0.2, 0.25) is 0 Å². The third kappa shape index (κ3) is 3.02. The van der Waals surface area contributed by atoms with Gasteiger partial charge in [-0.25, -0.2) is 13.1 Å². The van der Waals surface area contributed by atoms with E-state index in [1.54, 1.807) is 10.9 Å². The van der Waals surface area contributed by atoms with Crippen molar-refractivity contribution in [2.45, 2.75) is 18.1 Å². The van der Waals surface area contributed by atoms with Crippen LogP contribution >= 0.6 is 0 Å². The Morgan fingerprint density at radius 2 is 2.47 bits per heavy atom. The van der Waals surface area contributed by atoms with Crippen LogP contribution in [0, 0.1) is 0 Å². The van der Waals surface area contributed by atoms with Crippen molar-refractivity contribution in [1.82, 2.24) is 24.8 Å². The van der Waals surface area contributed by atoms with Crippen LogP contribution < -0.4 is 10.0 Å². The van der Waals surface area contributed by atoms with Crippen LogP contribution in [0.15, 0.2) is 6.33 Å². The normalized spacial score (nSPS) is 20.9. The lowest BCUT2D eigenvalue weighted by atomic mass is 10.4. The van der Waals surface area contributed by atoms with E-state index in [1.807, 2.05) is 7.05 Å². The molecule has 1 aliphatic heterocycles. The van der Waals surface area contributed by atoms with Crippen LogP contribution in [0.3, 0.4) is 0 Å². The van der Waals surface area contributed by atoms with Gasteiger partial charge in [0.25, 0.3) is 0 Å². The summed E-state index contributed by atoms with van der Waals surface area (Å²) < 4.78 is 28.1. The van der Waals surface area contributed by atoms with Crippen molar-refractivity contribution < 1.29 is 8.42 Å². The second-order valence-corrected chi connectivity index (χ2v) is 6.21. The summed E-state index contributed by atoms with van der Waals surface area (Å²) in [5, 5.41) is 10.4. The van der Waals surface area contributed by atoms with Gasteiger partial charge in [-0.3, -0.25) is 0 Å². The van der Waals surface area contributed by atoms with Gasteiger partial charge in [-0.05, 0) is 13.0 Å². The van der Waals surface area contributed by atoms with Crippen LogP contribution in [0.1, 0.15) is 12.2 Å². The summed E-state index contributed by atoms with van der Waals surface area (Å²) in [4.78, 5) is 0. The standard InChI is InChI=1S/C9H17N5O2S/c1-14-7-11-13-9(14)3-5-12-17(15,16)8-2-4-10-6-8/h7-8,10,12H,2-6H2,1H3. The molecule has 0 radical (unpaired) electrons. The van der Waals surface area contributed by atoms with Gasteiger partial charge in [0.1, 0.15) is 12.2 Å². The molecular weight excluding hydrogens is 242 g/mol. The Balaban J connectivity index is 1.84. The van der Waals surface area contributed by atoms with Crippen molar-refractivity contribution in [3.05, 3.63) is 12.2 Å². The van der Waals surface area contributed by atoms with Crippen molar-refractivity contribution in [3.63, 3.8) is 0 Å². The molecule has 0 aliphatic carbocycles. The van der Waals surface area contributed by atoms with Crippen LogP contribution in [-0.2, 0) is 23.5 Å². The van der Waals surface area contributed by atoms with Gasteiger partial charge in [-0.1, -0.05) is 0 Å². The molecule has 1 atom stereocenters. The Morgan fingerprint density at radius 3 is 3.06 bits per heavy atom. The first-order chi connectivity index (χ1) is 8.09. The number of rotatable bonds is 5. The van der Waals surface area contributed by atoms with Gasteiger partial charge in [0, 0.05) is 26.6 Å². The molecule has 2 N–H and O–H groups in total. The summed E-state index contributed by atoms with van der Waals surface area (Å²) >= 11 is 0. The summed E-state index contributed by atoms with van der Waals surface area (Å²) in [5.74, 6) is 0.775. The molecule has 96 valence electrons. The highest BCUT2D eigenvalue weighted by atomic mass is 32.2. The average Bonchev–Trinajstić information content (AvgIpc) is 2.90. The molecule has 7 nitrogen and oxygen atoms in total. The molecule has 1 aliphatic rings. The molecular formula is C9H17N5O2S. The predicted molar refractivity (Wildman–Crippen MR) is 62.9 cm³/mol. The Kier molecular flexibility index (Phi) is 3.75. The number of nitrogens with zero attached hydrogens (tertiary/aromatic N) is 3. The predicted octanol–water partition coefficient (Wildman–Crippen LogP) is -1.36. The zero-order valence-corrected chi connectivity index (χ0v) is 10.6. The SMILES string of the molecule is Cn1cnnc1CCNS(=O)(=O)C1CCNC1. The van der Waals surface area contributed by atoms with Gasteiger partial charge in [0.2, 0.25) is 10.0 Å². The van der Waals surface area contributed by atoms with Crippen molar-refractivity contribution >= 4 is 10.0 Å². The molecule has 8 heteroatoms. The number of nitrogens with one attached hydrogen (secondary N) is 2. The van der Waals surface area contributed by atoms with E-state index in [1.165, 1.54) is 0 Å². The number of aromatic nitrogens is 3. The minimum atomic E-state index is -3.20. The van der Waals surface area contributed by atoms with Gasteiger partial charge in [-0.15, -0.1) is 10.2 Å². The lowest BCUT2D eigenvalue weighted by Gasteiger charge is -2.11. The molecule has 0 aromatic carbocycles. The van der Waals surface area contributed by atoms with Crippen molar-refractivity contribution in [3.8, 4) is 0 Å². The van der Waals surface area contributed by atoms with Gasteiger partial charge in [-0.2, -0.15) is 0 Å². The smallest absolute Gasteiger partial charge is 0.215 e. The number of hydrogen-bond acceptors (Lipinski definition) is 5. The highest BCUT2D eigenvalue weighted by molar-refractivity contribution is 7.90. The molecule has 1 aromatic heterocycles. The molecule has 0 bridgehead atoms. The fourth-order valence-corrected chi connectivity index (χ4v) is 3.24. The fourth-order valence-electron chi connectivity index (χ4n) is 1.85. The maximum Gasteiger partial charge on any atom is 0.215 e. The van der Waals surface area contributed by atoms with Gasteiger partial charge in [0.15, 0.2) is 0 Å². The quantitative estimate of drug-likeness (QED) is 0.682. The second kappa shape index (κ2) is 5.11. The largest absolute Gasteiger partial charge is 0.321 e. The Hall–Kier alpha value is -0.990. The summed E-state index contributed by atoms with van der Waals surface area (Å²) in [5.41, 5.74) is 0. The number of sulfonamides is 1. The van der Waals surface area contributed by atoms with Crippen LogP contribution in [0.5, 0.6) is 0 Å². The summed E-state index contributed by atoms with van der Waals surface area (Å²) in [6.45, 7) is 1.68. The van der Waals surface area contributed by atoms with E-state index in [-0.39, 0.29) is 5.25 Å². The first-order valence-corrected chi connectivity index (χ1v) is 7.16. The van der Waals surface area contributed by atoms with E-state index in [0.717, 1.165) is 12.4 Å². The summed E-state index contributed by atoms with van der Waals surface area (Å²) in [6.07, 6.45) is 2.83. The maximum absolute atomic E-state index is 11.9. The van der Waals surface area contributed by atoms with E-state index in [2.05, 4.69) is 20.2 Å². The highest BCUT2D eigenvalue weighted by Gasteiger charge is 2.27.